The maximum Gasteiger partial charge on any atom is 0.281 e. The molecule has 7 nitrogen and oxygen atoms in total. The summed E-state index contributed by atoms with van der Waals surface area (Å²) in [5.74, 6) is 0.801. The Balaban J connectivity index is 1.64. The Morgan fingerprint density at radius 2 is 1.86 bits per heavy atom. The smallest absolute Gasteiger partial charge is 0.281 e. The van der Waals surface area contributed by atoms with E-state index in [4.69, 9.17) is 9.68 Å². The van der Waals surface area contributed by atoms with Crippen LogP contribution in [0.15, 0.2) is 77.4 Å². The quantitative estimate of drug-likeness (QED) is 0.576. The van der Waals surface area contributed by atoms with Gasteiger partial charge in [-0.1, -0.05) is 30.3 Å². The summed E-state index contributed by atoms with van der Waals surface area (Å²) in [6, 6.07) is 21.6. The molecule has 7 heteroatoms. The largest absolute Gasteiger partial charge is 0.461 e. The lowest BCUT2D eigenvalue weighted by molar-refractivity contribution is 0.0947. The van der Waals surface area contributed by atoms with E-state index in [0.29, 0.717) is 35.2 Å². The standard InChI is InChI=1S/C21H15N5O2/c22-13-15-8-10-16(11-9-15)14-23-21-24-19(18-7-4-12-28-18)25-26(21)20(27)17-5-2-1-3-6-17/h1-12H,14H2,(H,23,24,25). The summed E-state index contributed by atoms with van der Waals surface area (Å²) in [6.07, 6.45) is 1.53. The van der Waals surface area contributed by atoms with Crippen LogP contribution in [0.2, 0.25) is 0 Å². The summed E-state index contributed by atoms with van der Waals surface area (Å²) in [7, 11) is 0. The van der Waals surface area contributed by atoms with Crippen LogP contribution in [0, 0.1) is 11.3 Å². The molecule has 0 bridgehead atoms. The van der Waals surface area contributed by atoms with Crippen LogP contribution in [0.25, 0.3) is 11.6 Å². The van der Waals surface area contributed by atoms with Gasteiger partial charge in [0, 0.05) is 12.1 Å². The monoisotopic (exact) mass is 369 g/mol. The summed E-state index contributed by atoms with van der Waals surface area (Å²) in [4.78, 5) is 17.3. The van der Waals surface area contributed by atoms with E-state index >= 15 is 0 Å². The Morgan fingerprint density at radius 3 is 2.54 bits per heavy atom. The number of hydrogen-bond donors (Lipinski definition) is 1. The van der Waals surface area contributed by atoms with Crippen LogP contribution in [-0.4, -0.2) is 20.7 Å². The third kappa shape index (κ3) is 3.52. The van der Waals surface area contributed by atoms with Crippen molar-refractivity contribution in [3.63, 3.8) is 0 Å². The number of carbonyl (C=O) groups is 1. The van der Waals surface area contributed by atoms with Gasteiger partial charge >= 0.3 is 0 Å². The average molecular weight is 369 g/mol. The third-order valence-corrected chi connectivity index (χ3v) is 4.10. The average Bonchev–Trinajstić information content (AvgIpc) is 3.42. The Morgan fingerprint density at radius 1 is 1.07 bits per heavy atom. The Hall–Kier alpha value is -4.18. The number of benzene rings is 2. The highest BCUT2D eigenvalue weighted by Gasteiger charge is 2.19. The normalized spacial score (nSPS) is 10.4. The fourth-order valence-corrected chi connectivity index (χ4v) is 2.66. The lowest BCUT2D eigenvalue weighted by atomic mass is 10.1. The molecule has 0 aliphatic carbocycles. The molecule has 0 radical (unpaired) electrons. The molecule has 1 N–H and O–H groups in total. The summed E-state index contributed by atoms with van der Waals surface area (Å²) >= 11 is 0. The molecule has 136 valence electrons. The van der Waals surface area contributed by atoms with Gasteiger partial charge in [-0.3, -0.25) is 4.79 Å². The molecule has 0 aliphatic rings. The number of hydrogen-bond acceptors (Lipinski definition) is 6. The fraction of sp³-hybridized carbons (Fsp3) is 0.0476. The first-order valence-corrected chi connectivity index (χ1v) is 8.58. The highest BCUT2D eigenvalue weighted by Crippen LogP contribution is 2.20. The number of nitriles is 1. The van der Waals surface area contributed by atoms with Crippen molar-refractivity contribution in [2.24, 2.45) is 0 Å². The molecule has 0 saturated heterocycles. The van der Waals surface area contributed by atoms with Gasteiger partial charge in [0.1, 0.15) is 0 Å². The van der Waals surface area contributed by atoms with E-state index in [-0.39, 0.29) is 5.91 Å². The van der Waals surface area contributed by atoms with Gasteiger partial charge in [0.25, 0.3) is 5.91 Å². The highest BCUT2D eigenvalue weighted by molar-refractivity contribution is 5.97. The van der Waals surface area contributed by atoms with Crippen molar-refractivity contribution in [3.05, 3.63) is 89.7 Å². The minimum atomic E-state index is -0.298. The molecular weight excluding hydrogens is 354 g/mol. The first kappa shape index (κ1) is 17.2. The predicted octanol–water partition coefficient (Wildman–Crippen LogP) is 3.71. The van der Waals surface area contributed by atoms with Gasteiger partial charge in [0.05, 0.1) is 17.9 Å². The van der Waals surface area contributed by atoms with Crippen molar-refractivity contribution in [2.75, 3.05) is 5.32 Å². The van der Waals surface area contributed by atoms with E-state index in [1.165, 1.54) is 10.9 Å². The SMILES string of the molecule is N#Cc1ccc(CNc2nc(-c3ccco3)nn2C(=O)c2ccccc2)cc1. The number of furan rings is 1. The zero-order valence-corrected chi connectivity index (χ0v) is 14.7. The molecule has 0 aliphatic heterocycles. The summed E-state index contributed by atoms with van der Waals surface area (Å²) in [6.45, 7) is 0.421. The van der Waals surface area contributed by atoms with Crippen molar-refractivity contribution in [1.82, 2.24) is 14.8 Å². The number of carbonyl (C=O) groups excluding carboxylic acids is 1. The minimum Gasteiger partial charge on any atom is -0.461 e. The Labute approximate surface area is 160 Å². The zero-order chi connectivity index (χ0) is 19.3. The fourth-order valence-electron chi connectivity index (χ4n) is 2.66. The third-order valence-electron chi connectivity index (χ3n) is 4.10. The lowest BCUT2D eigenvalue weighted by Crippen LogP contribution is -2.17. The highest BCUT2D eigenvalue weighted by atomic mass is 16.3. The van der Waals surface area contributed by atoms with Crippen LogP contribution in [0.4, 0.5) is 5.95 Å². The molecule has 2 aromatic carbocycles. The first-order valence-electron chi connectivity index (χ1n) is 8.58. The van der Waals surface area contributed by atoms with Gasteiger partial charge in [-0.2, -0.15) is 14.9 Å². The van der Waals surface area contributed by atoms with Crippen molar-refractivity contribution in [2.45, 2.75) is 6.54 Å². The molecule has 0 amide bonds. The molecule has 0 fully saturated rings. The Kier molecular flexibility index (Phi) is 4.68. The second-order valence-corrected chi connectivity index (χ2v) is 5.98. The van der Waals surface area contributed by atoms with Gasteiger partial charge in [-0.05, 0) is 42.0 Å². The number of anilines is 1. The van der Waals surface area contributed by atoms with E-state index < -0.39 is 0 Å². The molecule has 0 atom stereocenters. The van der Waals surface area contributed by atoms with Crippen molar-refractivity contribution in [1.29, 1.82) is 5.26 Å². The maximum absolute atomic E-state index is 12.9. The number of nitrogens with one attached hydrogen (secondary N) is 1. The minimum absolute atomic E-state index is 0.298. The first-order chi connectivity index (χ1) is 13.7. The summed E-state index contributed by atoms with van der Waals surface area (Å²) in [5, 5.41) is 16.4. The lowest BCUT2D eigenvalue weighted by Gasteiger charge is -2.07. The van der Waals surface area contributed by atoms with E-state index in [9.17, 15) is 4.79 Å². The molecule has 0 saturated carbocycles. The van der Waals surface area contributed by atoms with Crippen LogP contribution in [0.5, 0.6) is 0 Å². The topological polar surface area (TPSA) is 96.7 Å². The molecule has 2 heterocycles. The van der Waals surface area contributed by atoms with Crippen LogP contribution >= 0.6 is 0 Å². The van der Waals surface area contributed by atoms with E-state index in [0.717, 1.165) is 5.56 Å². The molecule has 2 aromatic heterocycles. The second-order valence-electron chi connectivity index (χ2n) is 5.98. The van der Waals surface area contributed by atoms with Crippen molar-refractivity contribution < 1.29 is 9.21 Å². The van der Waals surface area contributed by atoms with Gasteiger partial charge < -0.3 is 9.73 Å². The molecule has 4 rings (SSSR count). The Bertz CT molecular complexity index is 1120. The molecule has 0 unspecified atom stereocenters. The van der Waals surface area contributed by atoms with E-state index in [1.54, 1.807) is 48.5 Å². The van der Waals surface area contributed by atoms with Gasteiger partial charge in [-0.15, -0.1) is 5.10 Å². The number of rotatable bonds is 5. The molecule has 28 heavy (non-hydrogen) atoms. The molecular formula is C21H15N5O2. The molecule has 0 spiro atoms. The summed E-state index contributed by atoms with van der Waals surface area (Å²) < 4.78 is 6.59. The van der Waals surface area contributed by atoms with Gasteiger partial charge in [0.15, 0.2) is 5.76 Å². The molecule has 4 aromatic rings. The van der Waals surface area contributed by atoms with Crippen LogP contribution in [0.1, 0.15) is 21.5 Å². The predicted molar refractivity (Wildman–Crippen MR) is 102 cm³/mol. The maximum atomic E-state index is 12.9. The van der Waals surface area contributed by atoms with Crippen molar-refractivity contribution in [3.8, 4) is 17.7 Å². The van der Waals surface area contributed by atoms with Crippen LogP contribution in [-0.2, 0) is 6.54 Å². The second kappa shape index (κ2) is 7.60. The number of nitrogens with zero attached hydrogens (tertiary/aromatic N) is 4. The van der Waals surface area contributed by atoms with Crippen LogP contribution in [0.3, 0.4) is 0 Å². The zero-order valence-electron chi connectivity index (χ0n) is 14.7. The van der Waals surface area contributed by atoms with Gasteiger partial charge in [-0.25, -0.2) is 0 Å². The van der Waals surface area contributed by atoms with E-state index in [2.05, 4.69) is 21.5 Å². The van der Waals surface area contributed by atoms with Gasteiger partial charge in [0.2, 0.25) is 11.8 Å². The summed E-state index contributed by atoms with van der Waals surface area (Å²) in [5.41, 5.74) is 2.03. The van der Waals surface area contributed by atoms with Crippen LogP contribution < -0.4 is 5.32 Å². The van der Waals surface area contributed by atoms with E-state index in [1.807, 2.05) is 18.2 Å². The number of aromatic nitrogens is 3. The van der Waals surface area contributed by atoms with Crippen molar-refractivity contribution >= 4 is 11.9 Å².